The Morgan fingerprint density at radius 1 is 1.21 bits per heavy atom. The molecule has 2 rings (SSSR count). The van der Waals surface area contributed by atoms with E-state index in [9.17, 15) is 0 Å². The number of nitrogens with zero attached hydrogens (tertiary/aromatic N) is 1. The Morgan fingerprint density at radius 2 is 1.95 bits per heavy atom. The van der Waals surface area contributed by atoms with Gasteiger partial charge in [0, 0.05) is 12.6 Å². The molecule has 0 aliphatic heterocycles. The van der Waals surface area contributed by atoms with Crippen LogP contribution in [0.3, 0.4) is 0 Å². The second-order valence-electron chi connectivity index (χ2n) is 4.91. The lowest BCUT2D eigenvalue weighted by atomic mass is 10.0. The molecule has 1 atom stereocenters. The van der Waals surface area contributed by atoms with Crippen LogP contribution >= 0.6 is 11.8 Å². The van der Waals surface area contributed by atoms with Crippen molar-refractivity contribution in [1.82, 2.24) is 4.42 Å². The van der Waals surface area contributed by atoms with Gasteiger partial charge in [-0.05, 0) is 47.9 Å². The van der Waals surface area contributed by atoms with E-state index in [0.29, 0.717) is 6.04 Å². The first-order valence-corrected chi connectivity index (χ1v) is 7.06. The maximum absolute atomic E-state index is 6.40. The Bertz CT molecular complexity index is 544. The minimum atomic E-state index is 0.346. The van der Waals surface area contributed by atoms with Crippen LogP contribution in [0.4, 0.5) is 0 Å². The maximum atomic E-state index is 6.40. The van der Waals surface area contributed by atoms with Crippen molar-refractivity contribution >= 4 is 22.5 Å². The molecule has 0 saturated heterocycles. The first-order chi connectivity index (χ1) is 9.22. The topological polar surface area (TPSA) is 3.24 Å². The van der Waals surface area contributed by atoms with Crippen LogP contribution in [0.5, 0.6) is 0 Å². The third-order valence-electron chi connectivity index (χ3n) is 3.47. The Labute approximate surface area is 120 Å². The zero-order chi connectivity index (χ0) is 13.7. The number of fused-ring (bicyclic) bond motifs is 1. The van der Waals surface area contributed by atoms with E-state index in [2.05, 4.69) is 56.0 Å². The molecule has 0 aromatic heterocycles. The van der Waals surface area contributed by atoms with Crippen molar-refractivity contribution in [3.8, 4) is 0 Å². The summed E-state index contributed by atoms with van der Waals surface area (Å²) >= 11 is 6.40. The van der Waals surface area contributed by atoms with Crippen LogP contribution in [-0.2, 0) is 6.54 Å². The minimum absolute atomic E-state index is 0.346. The van der Waals surface area contributed by atoms with Gasteiger partial charge in [-0.1, -0.05) is 48.5 Å². The van der Waals surface area contributed by atoms with Gasteiger partial charge in [0.05, 0.1) is 0 Å². The Morgan fingerprint density at radius 3 is 2.74 bits per heavy atom. The summed E-state index contributed by atoms with van der Waals surface area (Å²) in [4.78, 5) is 0. The summed E-state index contributed by atoms with van der Waals surface area (Å²) in [5, 5.41) is 2.55. The second-order valence-corrected chi connectivity index (χ2v) is 5.35. The average molecular weight is 274 g/mol. The normalized spacial score (nSPS) is 12.8. The molecule has 100 valence electrons. The van der Waals surface area contributed by atoms with Crippen molar-refractivity contribution in [3.05, 3.63) is 60.7 Å². The van der Waals surface area contributed by atoms with Crippen molar-refractivity contribution < 1.29 is 0 Å². The lowest BCUT2D eigenvalue weighted by Gasteiger charge is -2.22. The highest BCUT2D eigenvalue weighted by Gasteiger charge is 2.12. The second kappa shape index (κ2) is 6.74. The molecule has 0 bridgehead atoms. The molecule has 2 aromatic rings. The van der Waals surface area contributed by atoms with Crippen molar-refractivity contribution in [2.24, 2.45) is 0 Å². The summed E-state index contributed by atoms with van der Waals surface area (Å²) in [6.45, 7) is 6.67. The molecule has 0 aliphatic carbocycles. The Hall–Kier alpha value is -1.31. The van der Waals surface area contributed by atoms with E-state index in [1.165, 1.54) is 16.3 Å². The third-order valence-corrected chi connectivity index (χ3v) is 3.92. The largest absolute Gasteiger partial charge is 0.213 e. The number of rotatable bonds is 6. The molecule has 0 fully saturated rings. The third kappa shape index (κ3) is 3.59. The van der Waals surface area contributed by atoms with Gasteiger partial charge < -0.3 is 0 Å². The van der Waals surface area contributed by atoms with E-state index in [-0.39, 0.29) is 0 Å². The molecule has 0 heterocycles. The molecule has 2 aromatic carbocycles. The van der Waals surface area contributed by atoms with E-state index in [4.69, 9.17) is 11.8 Å². The summed E-state index contributed by atoms with van der Waals surface area (Å²) in [6, 6.07) is 15.2. The molecule has 2 heteroatoms. The highest BCUT2D eigenvalue weighted by atomic mass is 35.5. The van der Waals surface area contributed by atoms with Gasteiger partial charge in [0.15, 0.2) is 0 Å². The van der Waals surface area contributed by atoms with Gasteiger partial charge in [-0.25, -0.2) is 4.42 Å². The lowest BCUT2D eigenvalue weighted by Crippen LogP contribution is -2.23. The van der Waals surface area contributed by atoms with Gasteiger partial charge in [-0.2, -0.15) is 0 Å². The van der Waals surface area contributed by atoms with Crippen molar-refractivity contribution in [1.29, 1.82) is 0 Å². The minimum Gasteiger partial charge on any atom is -0.213 e. The maximum Gasteiger partial charge on any atom is 0.0399 e. The van der Waals surface area contributed by atoms with Crippen LogP contribution in [0.2, 0.25) is 0 Å². The summed E-state index contributed by atoms with van der Waals surface area (Å²) in [6.07, 6.45) is 3.98. The summed E-state index contributed by atoms with van der Waals surface area (Å²) < 4.78 is 1.89. The van der Waals surface area contributed by atoms with Crippen LogP contribution in [0, 0.1) is 0 Å². The standard InChI is InChI=1S/C17H20ClN/c1-3-4-8-14(2)19(18)13-16-11-7-10-15-9-5-6-12-17(15)16/h3,5-7,9-12,14H,1,4,8,13H2,2H3. The van der Waals surface area contributed by atoms with Gasteiger partial charge in [-0.3, -0.25) is 0 Å². The fourth-order valence-corrected chi connectivity index (χ4v) is 2.47. The van der Waals surface area contributed by atoms with Crippen molar-refractivity contribution in [2.45, 2.75) is 32.4 Å². The molecule has 0 amide bonds. The molecule has 0 spiro atoms. The predicted octanol–water partition coefficient (Wildman–Crippen LogP) is 5.15. The Balaban J connectivity index is 2.14. The zero-order valence-electron chi connectivity index (χ0n) is 11.3. The molecular formula is C17H20ClN. The highest BCUT2D eigenvalue weighted by Crippen LogP contribution is 2.22. The average Bonchev–Trinajstić information content (AvgIpc) is 2.45. The van der Waals surface area contributed by atoms with Gasteiger partial charge >= 0.3 is 0 Å². The molecule has 19 heavy (non-hydrogen) atoms. The zero-order valence-corrected chi connectivity index (χ0v) is 12.1. The van der Waals surface area contributed by atoms with Gasteiger partial charge in [0.25, 0.3) is 0 Å². The number of hydrogen-bond donors (Lipinski definition) is 0. The quantitative estimate of drug-likeness (QED) is 0.520. The summed E-state index contributed by atoms with van der Waals surface area (Å²) in [5.41, 5.74) is 1.28. The van der Waals surface area contributed by atoms with E-state index in [1.807, 2.05) is 10.5 Å². The molecule has 0 N–H and O–H groups in total. The van der Waals surface area contributed by atoms with Crippen LogP contribution < -0.4 is 0 Å². The molecule has 0 radical (unpaired) electrons. The van der Waals surface area contributed by atoms with Crippen LogP contribution in [-0.4, -0.2) is 10.5 Å². The lowest BCUT2D eigenvalue weighted by molar-refractivity contribution is 0.338. The summed E-state index contributed by atoms with van der Waals surface area (Å²) in [5.74, 6) is 0. The SMILES string of the molecule is C=CCCC(C)N(Cl)Cc1cccc2ccccc12. The molecule has 0 saturated carbocycles. The Kier molecular flexibility index (Phi) is 5.00. The molecule has 1 unspecified atom stereocenters. The summed E-state index contributed by atoms with van der Waals surface area (Å²) in [7, 11) is 0. The smallest absolute Gasteiger partial charge is 0.0399 e. The number of hydrogen-bond acceptors (Lipinski definition) is 1. The van der Waals surface area contributed by atoms with E-state index in [1.54, 1.807) is 0 Å². The molecule has 1 nitrogen and oxygen atoms in total. The van der Waals surface area contributed by atoms with E-state index >= 15 is 0 Å². The van der Waals surface area contributed by atoms with Crippen molar-refractivity contribution in [3.63, 3.8) is 0 Å². The monoisotopic (exact) mass is 273 g/mol. The van der Waals surface area contributed by atoms with Crippen LogP contribution in [0.25, 0.3) is 10.8 Å². The van der Waals surface area contributed by atoms with Gasteiger partial charge in [0.2, 0.25) is 0 Å². The number of halogens is 1. The van der Waals surface area contributed by atoms with Gasteiger partial charge in [-0.15, -0.1) is 6.58 Å². The van der Waals surface area contributed by atoms with Gasteiger partial charge in [0.1, 0.15) is 0 Å². The number of allylic oxidation sites excluding steroid dienone is 1. The van der Waals surface area contributed by atoms with Crippen LogP contribution in [0.15, 0.2) is 55.1 Å². The fraction of sp³-hybridized carbons (Fsp3) is 0.294. The highest BCUT2D eigenvalue weighted by molar-refractivity contribution is 6.13. The first kappa shape index (κ1) is 14.1. The predicted molar refractivity (Wildman–Crippen MR) is 84.2 cm³/mol. The molecular weight excluding hydrogens is 254 g/mol. The van der Waals surface area contributed by atoms with Crippen molar-refractivity contribution in [2.75, 3.05) is 0 Å². The molecule has 0 aliphatic rings. The first-order valence-electron chi connectivity index (χ1n) is 6.72. The number of benzene rings is 2. The van der Waals surface area contributed by atoms with Crippen LogP contribution in [0.1, 0.15) is 25.3 Å². The fourth-order valence-electron chi connectivity index (χ4n) is 2.25. The van der Waals surface area contributed by atoms with E-state index < -0.39 is 0 Å². The van der Waals surface area contributed by atoms with E-state index in [0.717, 1.165) is 19.4 Å².